The molecule has 0 saturated carbocycles. The van der Waals surface area contributed by atoms with E-state index >= 15 is 0 Å². The quantitative estimate of drug-likeness (QED) is 0.627. The van der Waals surface area contributed by atoms with Crippen LogP contribution in [0.25, 0.3) is 10.2 Å². The number of thiophene rings is 1. The molecule has 3 aromatic rings. The molecule has 0 fully saturated rings. The van der Waals surface area contributed by atoms with Crippen LogP contribution in [0.4, 0.5) is 0 Å². The maximum Gasteiger partial charge on any atom is 0.260 e. The number of ether oxygens (including phenoxy) is 1. The van der Waals surface area contributed by atoms with Crippen molar-refractivity contribution in [1.82, 2.24) is 9.97 Å². The van der Waals surface area contributed by atoms with E-state index in [0.29, 0.717) is 12.5 Å². The molecule has 5 nitrogen and oxygen atoms in total. The van der Waals surface area contributed by atoms with Crippen LogP contribution in [-0.4, -0.2) is 23.1 Å². The molecule has 0 bridgehead atoms. The van der Waals surface area contributed by atoms with E-state index in [1.165, 1.54) is 16.0 Å². The second-order valence-electron chi connectivity index (χ2n) is 7.96. The minimum absolute atomic E-state index is 0.0169. The van der Waals surface area contributed by atoms with Crippen LogP contribution in [0.15, 0.2) is 29.1 Å². The van der Waals surface area contributed by atoms with Gasteiger partial charge in [0.2, 0.25) is 0 Å². The van der Waals surface area contributed by atoms with Crippen LogP contribution in [-0.2, 0) is 12.8 Å². The summed E-state index contributed by atoms with van der Waals surface area (Å²) in [6.07, 6.45) is 3.23. The van der Waals surface area contributed by atoms with Crippen molar-refractivity contribution in [3.63, 3.8) is 0 Å². The highest BCUT2D eigenvalue weighted by Crippen LogP contribution is 2.35. The van der Waals surface area contributed by atoms with Crippen molar-refractivity contribution in [2.24, 2.45) is 5.92 Å². The number of nitrogens with one attached hydrogen (secondary N) is 1. The van der Waals surface area contributed by atoms with Crippen molar-refractivity contribution < 1.29 is 10.1 Å². The Labute approximate surface area is 169 Å². The number of nitrogens with two attached hydrogens (primary N) is 1. The number of benzene rings is 1. The van der Waals surface area contributed by atoms with Gasteiger partial charge >= 0.3 is 0 Å². The van der Waals surface area contributed by atoms with E-state index in [0.717, 1.165) is 47.6 Å². The highest BCUT2D eigenvalue weighted by Gasteiger charge is 2.24. The van der Waals surface area contributed by atoms with Crippen molar-refractivity contribution in [3.05, 3.63) is 56.4 Å². The van der Waals surface area contributed by atoms with Gasteiger partial charge in [0.05, 0.1) is 5.39 Å². The predicted octanol–water partition coefficient (Wildman–Crippen LogP) is 3.12. The van der Waals surface area contributed by atoms with Crippen LogP contribution in [0, 0.1) is 12.8 Å². The van der Waals surface area contributed by atoms with E-state index in [4.69, 9.17) is 9.72 Å². The van der Waals surface area contributed by atoms with E-state index in [1.807, 2.05) is 24.3 Å². The highest BCUT2D eigenvalue weighted by atomic mass is 32.1. The van der Waals surface area contributed by atoms with Crippen LogP contribution in [0.2, 0.25) is 0 Å². The molecule has 0 saturated heterocycles. The monoisotopic (exact) mass is 398 g/mol. The molecular weight excluding hydrogens is 370 g/mol. The van der Waals surface area contributed by atoms with Crippen LogP contribution in [0.3, 0.4) is 0 Å². The average molecular weight is 399 g/mol. The first-order chi connectivity index (χ1) is 13.5. The largest absolute Gasteiger partial charge is 0.488 e. The molecule has 0 unspecified atom stereocenters. The van der Waals surface area contributed by atoms with Crippen LogP contribution < -0.4 is 15.6 Å². The third-order valence-corrected chi connectivity index (χ3v) is 6.69. The zero-order valence-corrected chi connectivity index (χ0v) is 17.6. The number of hydrogen-bond donors (Lipinski definition) is 2. The second-order valence-corrected chi connectivity index (χ2v) is 9.04. The number of H-pyrrole nitrogens is 1. The van der Waals surface area contributed by atoms with Crippen molar-refractivity contribution in [3.8, 4) is 5.75 Å². The number of hydrogen-bond acceptors (Lipinski definition) is 4. The highest BCUT2D eigenvalue weighted by molar-refractivity contribution is 7.18. The molecule has 4 rings (SSSR count). The summed E-state index contributed by atoms with van der Waals surface area (Å²) in [5.41, 5.74) is 2.48. The fourth-order valence-electron chi connectivity index (χ4n) is 3.82. The lowest BCUT2D eigenvalue weighted by Gasteiger charge is -2.17. The fourth-order valence-corrected chi connectivity index (χ4v) is 5.21. The van der Waals surface area contributed by atoms with Crippen LogP contribution >= 0.6 is 11.3 Å². The lowest BCUT2D eigenvalue weighted by atomic mass is 9.89. The van der Waals surface area contributed by atoms with Gasteiger partial charge in [0.1, 0.15) is 29.8 Å². The molecule has 0 aliphatic heterocycles. The van der Waals surface area contributed by atoms with Gasteiger partial charge in [0.15, 0.2) is 5.82 Å². The van der Waals surface area contributed by atoms with Gasteiger partial charge in [0.25, 0.3) is 5.56 Å². The molecule has 0 spiro atoms. The Morgan fingerprint density at radius 2 is 2.14 bits per heavy atom. The molecule has 1 aliphatic carbocycles. The Hall–Kier alpha value is -2.18. The Morgan fingerprint density at radius 3 is 2.93 bits per heavy atom. The third kappa shape index (κ3) is 3.98. The zero-order valence-electron chi connectivity index (χ0n) is 16.7. The Bertz CT molecular complexity index is 1020. The van der Waals surface area contributed by atoms with Gasteiger partial charge in [0, 0.05) is 4.88 Å². The van der Waals surface area contributed by atoms with Gasteiger partial charge < -0.3 is 15.0 Å². The smallest absolute Gasteiger partial charge is 0.260 e. The molecule has 2 atom stereocenters. The lowest BCUT2D eigenvalue weighted by Crippen LogP contribution is -2.86. The fraction of sp³-hybridized carbons (Fsp3) is 0.455. The predicted molar refractivity (Wildman–Crippen MR) is 113 cm³/mol. The number of aryl methyl sites for hydroxylation is 2. The number of quaternary nitrogens is 1. The summed E-state index contributed by atoms with van der Waals surface area (Å²) >= 11 is 1.71. The van der Waals surface area contributed by atoms with Crippen molar-refractivity contribution in [2.75, 3.05) is 13.2 Å². The second kappa shape index (κ2) is 8.05. The molecule has 2 heterocycles. The summed E-state index contributed by atoms with van der Waals surface area (Å²) in [5.74, 6) is 2.33. The molecule has 148 valence electrons. The molecule has 0 radical (unpaired) electrons. The van der Waals surface area contributed by atoms with Gasteiger partial charge in [-0.25, -0.2) is 4.98 Å². The standard InChI is InChI=1S/C22H27N3O2S/c1-13-4-7-16(8-5-13)27-11-10-23-15(3)20-24-21(26)19-17-9-6-14(2)12-18(17)28-22(19)25-20/h4-5,7-8,14-15,23H,6,9-12H2,1-3H3,(H,24,25,26)/p+1/t14-,15-/m0/s1. The summed E-state index contributed by atoms with van der Waals surface area (Å²) in [4.78, 5) is 22.8. The average Bonchev–Trinajstić information content (AvgIpc) is 3.04. The minimum Gasteiger partial charge on any atom is -0.488 e. The van der Waals surface area contributed by atoms with Crippen LogP contribution in [0.5, 0.6) is 5.75 Å². The molecule has 2 aromatic heterocycles. The molecule has 6 heteroatoms. The van der Waals surface area contributed by atoms with Gasteiger partial charge in [-0.3, -0.25) is 4.79 Å². The number of aromatic nitrogens is 2. The molecule has 1 aliphatic rings. The van der Waals surface area contributed by atoms with E-state index < -0.39 is 0 Å². The van der Waals surface area contributed by atoms with E-state index in [2.05, 4.69) is 31.1 Å². The van der Waals surface area contributed by atoms with Crippen molar-refractivity contribution in [2.45, 2.75) is 46.1 Å². The summed E-state index contributed by atoms with van der Waals surface area (Å²) in [6.45, 7) is 7.84. The Kier molecular flexibility index (Phi) is 5.51. The lowest BCUT2D eigenvalue weighted by molar-refractivity contribution is -0.694. The summed E-state index contributed by atoms with van der Waals surface area (Å²) in [7, 11) is 0. The minimum atomic E-state index is 0.0169. The van der Waals surface area contributed by atoms with Gasteiger partial charge in [-0.05, 0) is 56.7 Å². The van der Waals surface area contributed by atoms with E-state index in [1.54, 1.807) is 11.3 Å². The molecule has 3 N–H and O–H groups in total. The molecule has 28 heavy (non-hydrogen) atoms. The van der Waals surface area contributed by atoms with Crippen molar-refractivity contribution >= 4 is 21.6 Å². The van der Waals surface area contributed by atoms with E-state index in [9.17, 15) is 4.79 Å². The zero-order chi connectivity index (χ0) is 19.7. The number of fused-ring (bicyclic) bond motifs is 3. The Morgan fingerprint density at radius 1 is 1.36 bits per heavy atom. The summed E-state index contributed by atoms with van der Waals surface area (Å²) in [5, 5.41) is 2.99. The SMILES string of the molecule is Cc1ccc(OCC[NH2+][C@@H](C)c2nc3sc4c(c3c(=O)[nH]2)CC[C@H](C)C4)cc1. The molecule has 1 aromatic carbocycles. The first-order valence-corrected chi connectivity index (χ1v) is 10.9. The summed E-state index contributed by atoms with van der Waals surface area (Å²) in [6, 6.07) is 8.16. The number of nitrogens with zero attached hydrogens (tertiary/aromatic N) is 1. The van der Waals surface area contributed by atoms with Crippen LogP contribution in [0.1, 0.15) is 48.1 Å². The van der Waals surface area contributed by atoms with E-state index in [-0.39, 0.29) is 11.6 Å². The molecule has 0 amide bonds. The Balaban J connectivity index is 1.42. The maximum absolute atomic E-state index is 12.7. The topological polar surface area (TPSA) is 71.6 Å². The van der Waals surface area contributed by atoms with Crippen molar-refractivity contribution in [1.29, 1.82) is 0 Å². The summed E-state index contributed by atoms with van der Waals surface area (Å²) < 4.78 is 5.78. The van der Waals surface area contributed by atoms with Gasteiger partial charge in [-0.15, -0.1) is 11.3 Å². The van der Waals surface area contributed by atoms with Gasteiger partial charge in [-0.1, -0.05) is 24.6 Å². The molecular formula is C22H28N3O2S+. The normalized spacial score (nSPS) is 17.5. The van der Waals surface area contributed by atoms with Gasteiger partial charge in [-0.2, -0.15) is 0 Å². The maximum atomic E-state index is 12.7. The number of rotatable bonds is 6. The number of aromatic amines is 1. The third-order valence-electron chi connectivity index (χ3n) is 5.54. The first-order valence-electron chi connectivity index (χ1n) is 10.1. The first kappa shape index (κ1) is 19.2.